The molecule has 0 bridgehead atoms. The molecule has 0 radical (unpaired) electrons. The number of carbonyl (C=O) groups is 2. The molecule has 1 aliphatic rings. The molecule has 1 aromatic heterocycles. The number of benzene rings is 2. The molecular weight excluding hydrogens is 372 g/mol. The first-order valence-electron chi connectivity index (χ1n) is 9.12. The number of esters is 1. The van der Waals surface area contributed by atoms with Crippen LogP contribution in [-0.2, 0) is 0 Å². The highest BCUT2D eigenvalue weighted by Gasteiger charge is 2.30. The number of furan rings is 1. The molecule has 3 aromatic rings. The van der Waals surface area contributed by atoms with Gasteiger partial charge in [-0.3, -0.25) is 4.79 Å². The zero-order chi connectivity index (χ0) is 20.4. The number of ether oxygens (including phenoxy) is 3. The summed E-state index contributed by atoms with van der Waals surface area (Å²) in [7, 11) is 0. The fourth-order valence-corrected chi connectivity index (χ4v) is 3.07. The average molecular weight is 390 g/mol. The van der Waals surface area contributed by atoms with Gasteiger partial charge >= 0.3 is 5.97 Å². The number of rotatable bonds is 5. The third-order valence-corrected chi connectivity index (χ3v) is 4.37. The highest BCUT2D eigenvalue weighted by molar-refractivity contribution is 6.15. The van der Waals surface area contributed by atoms with Gasteiger partial charge < -0.3 is 18.6 Å². The van der Waals surface area contributed by atoms with E-state index in [2.05, 4.69) is 0 Å². The van der Waals surface area contributed by atoms with Crippen LogP contribution in [0.4, 0.5) is 0 Å². The quantitative estimate of drug-likeness (QED) is 0.353. The maximum Gasteiger partial charge on any atom is 0.379 e. The van der Waals surface area contributed by atoms with Gasteiger partial charge in [-0.15, -0.1) is 0 Å². The molecule has 0 aliphatic carbocycles. The first kappa shape index (κ1) is 18.6. The minimum Gasteiger partial charge on any atom is -0.494 e. The Morgan fingerprint density at radius 2 is 1.90 bits per heavy atom. The molecule has 0 spiro atoms. The second-order valence-electron chi connectivity index (χ2n) is 6.42. The van der Waals surface area contributed by atoms with Crippen molar-refractivity contribution in [3.63, 3.8) is 0 Å². The van der Waals surface area contributed by atoms with Gasteiger partial charge in [0.25, 0.3) is 0 Å². The van der Waals surface area contributed by atoms with E-state index in [1.165, 1.54) is 18.4 Å². The Morgan fingerprint density at radius 3 is 2.59 bits per heavy atom. The van der Waals surface area contributed by atoms with Crippen LogP contribution in [0.15, 0.2) is 65.0 Å². The Morgan fingerprint density at radius 1 is 1.10 bits per heavy atom. The smallest absolute Gasteiger partial charge is 0.379 e. The fraction of sp³-hybridized carbons (Fsp3) is 0.130. The molecule has 0 saturated heterocycles. The average Bonchev–Trinajstić information content (AvgIpc) is 3.33. The van der Waals surface area contributed by atoms with Crippen LogP contribution in [0.3, 0.4) is 0 Å². The van der Waals surface area contributed by atoms with E-state index in [4.69, 9.17) is 18.6 Å². The molecular formula is C23H18O6. The van der Waals surface area contributed by atoms with Crippen molar-refractivity contribution in [3.8, 4) is 17.2 Å². The summed E-state index contributed by atoms with van der Waals surface area (Å²) in [4.78, 5) is 24.9. The minimum atomic E-state index is -0.621. The number of fused-ring (bicyclic) bond motifs is 1. The largest absolute Gasteiger partial charge is 0.494 e. The molecule has 1 aliphatic heterocycles. The van der Waals surface area contributed by atoms with Crippen LogP contribution in [0, 0.1) is 6.92 Å². The van der Waals surface area contributed by atoms with Crippen molar-refractivity contribution >= 4 is 17.8 Å². The summed E-state index contributed by atoms with van der Waals surface area (Å²) in [6.07, 6.45) is 3.07. The van der Waals surface area contributed by atoms with E-state index in [0.717, 1.165) is 11.3 Å². The monoisotopic (exact) mass is 390 g/mol. The Bertz CT molecular complexity index is 1090. The predicted octanol–water partition coefficient (Wildman–Crippen LogP) is 4.82. The molecule has 146 valence electrons. The molecule has 4 rings (SSSR count). The number of hydrogen-bond acceptors (Lipinski definition) is 6. The van der Waals surface area contributed by atoms with E-state index in [1.54, 1.807) is 25.1 Å². The second-order valence-corrected chi connectivity index (χ2v) is 6.42. The number of Topliss-reactive ketones (excluding diaryl/α,β-unsaturated/α-hetero) is 1. The predicted molar refractivity (Wildman–Crippen MR) is 105 cm³/mol. The molecule has 29 heavy (non-hydrogen) atoms. The van der Waals surface area contributed by atoms with Crippen LogP contribution in [0.5, 0.6) is 17.2 Å². The highest BCUT2D eigenvalue weighted by atomic mass is 16.5. The summed E-state index contributed by atoms with van der Waals surface area (Å²) in [5.41, 5.74) is 1.93. The third-order valence-electron chi connectivity index (χ3n) is 4.37. The van der Waals surface area contributed by atoms with Crippen LogP contribution in [0.25, 0.3) is 6.08 Å². The lowest BCUT2D eigenvalue weighted by Gasteiger charge is -2.06. The molecule has 0 fully saturated rings. The normalized spacial score (nSPS) is 13.9. The van der Waals surface area contributed by atoms with Crippen LogP contribution >= 0.6 is 0 Å². The Kier molecular flexibility index (Phi) is 4.91. The van der Waals surface area contributed by atoms with Crippen molar-refractivity contribution in [3.05, 3.63) is 83.0 Å². The first-order valence-corrected chi connectivity index (χ1v) is 9.12. The van der Waals surface area contributed by atoms with Gasteiger partial charge in [0.1, 0.15) is 17.2 Å². The summed E-state index contributed by atoms with van der Waals surface area (Å²) in [5, 5.41) is 0. The van der Waals surface area contributed by atoms with Gasteiger partial charge in [0.05, 0.1) is 18.4 Å². The van der Waals surface area contributed by atoms with Gasteiger partial charge in [-0.05, 0) is 61.4 Å². The van der Waals surface area contributed by atoms with Gasteiger partial charge in [-0.25, -0.2) is 4.79 Å². The van der Waals surface area contributed by atoms with Crippen LogP contribution < -0.4 is 14.2 Å². The summed E-state index contributed by atoms with van der Waals surface area (Å²) in [6, 6.07) is 13.6. The lowest BCUT2D eigenvalue weighted by atomic mass is 10.0. The Labute approximate surface area is 167 Å². The number of allylic oxidation sites excluding steroid dienone is 1. The molecule has 0 atom stereocenters. The van der Waals surface area contributed by atoms with Gasteiger partial charge in [-0.1, -0.05) is 12.1 Å². The number of ketones is 1. The van der Waals surface area contributed by atoms with Gasteiger partial charge in [0, 0.05) is 6.07 Å². The van der Waals surface area contributed by atoms with Crippen molar-refractivity contribution < 1.29 is 28.2 Å². The Hall–Kier alpha value is -3.80. The first-order chi connectivity index (χ1) is 14.0. The van der Waals surface area contributed by atoms with Crippen LogP contribution in [0.1, 0.15) is 39.0 Å². The van der Waals surface area contributed by atoms with Crippen LogP contribution in [0.2, 0.25) is 0 Å². The van der Waals surface area contributed by atoms with Crippen molar-refractivity contribution in [2.24, 2.45) is 0 Å². The van der Waals surface area contributed by atoms with Crippen molar-refractivity contribution in [2.45, 2.75) is 13.8 Å². The topological polar surface area (TPSA) is 75.0 Å². The van der Waals surface area contributed by atoms with E-state index in [0.29, 0.717) is 23.5 Å². The summed E-state index contributed by atoms with van der Waals surface area (Å²) in [6.45, 7) is 4.27. The zero-order valence-electron chi connectivity index (χ0n) is 15.9. The molecule has 0 unspecified atom stereocenters. The summed E-state index contributed by atoms with van der Waals surface area (Å²) >= 11 is 0. The van der Waals surface area contributed by atoms with E-state index < -0.39 is 5.97 Å². The third kappa shape index (κ3) is 3.78. The van der Waals surface area contributed by atoms with E-state index >= 15 is 0 Å². The molecule has 2 aromatic carbocycles. The lowest BCUT2D eigenvalue weighted by Crippen LogP contribution is -2.07. The zero-order valence-corrected chi connectivity index (χ0v) is 15.9. The van der Waals surface area contributed by atoms with E-state index in [9.17, 15) is 9.59 Å². The summed E-state index contributed by atoms with van der Waals surface area (Å²) < 4.78 is 21.6. The standard InChI is InChI=1S/C23H18O6/c1-3-26-16-8-6-15(7-9-16)12-20-22(24)21-14(2)11-17(13-19(21)29-20)28-23(25)18-5-4-10-27-18/h4-13H,3H2,1-2H3/b20-12-. The maximum absolute atomic E-state index is 12.8. The van der Waals surface area contributed by atoms with Gasteiger partial charge in [-0.2, -0.15) is 0 Å². The molecule has 6 heteroatoms. The Balaban J connectivity index is 1.57. The number of carbonyl (C=O) groups excluding carboxylic acids is 2. The van der Waals surface area contributed by atoms with Crippen molar-refractivity contribution in [1.29, 1.82) is 0 Å². The summed E-state index contributed by atoms with van der Waals surface area (Å²) in [5.74, 6) is 0.861. The van der Waals surface area contributed by atoms with E-state index in [1.807, 2.05) is 31.2 Å². The van der Waals surface area contributed by atoms with E-state index in [-0.39, 0.29) is 23.1 Å². The van der Waals surface area contributed by atoms with Crippen molar-refractivity contribution in [1.82, 2.24) is 0 Å². The fourth-order valence-electron chi connectivity index (χ4n) is 3.07. The van der Waals surface area contributed by atoms with Gasteiger partial charge in [0.15, 0.2) is 5.76 Å². The van der Waals surface area contributed by atoms with Crippen molar-refractivity contribution in [2.75, 3.05) is 6.61 Å². The number of hydrogen-bond donors (Lipinski definition) is 0. The number of aryl methyl sites for hydroxylation is 1. The molecule has 6 nitrogen and oxygen atoms in total. The van der Waals surface area contributed by atoms with Gasteiger partial charge in [0.2, 0.25) is 11.5 Å². The molecule has 2 heterocycles. The molecule has 0 amide bonds. The molecule has 0 saturated carbocycles. The maximum atomic E-state index is 12.8. The SMILES string of the molecule is CCOc1ccc(/C=C2\Oc3cc(OC(=O)c4ccco4)cc(C)c3C2=O)cc1. The molecule has 0 N–H and O–H groups in total. The minimum absolute atomic E-state index is 0.0937. The highest BCUT2D eigenvalue weighted by Crippen LogP contribution is 2.37. The lowest BCUT2D eigenvalue weighted by molar-refractivity contribution is 0.0701. The second kappa shape index (κ2) is 7.67. The van der Waals surface area contributed by atoms with Crippen LogP contribution in [-0.4, -0.2) is 18.4 Å².